The lowest BCUT2D eigenvalue weighted by molar-refractivity contribution is 0.192. The number of hydrogen-bond donors (Lipinski definition) is 1. The van der Waals surface area contributed by atoms with Crippen molar-refractivity contribution in [3.8, 4) is 6.07 Å². The molecule has 0 bridgehead atoms. The molecule has 0 saturated carbocycles. The summed E-state index contributed by atoms with van der Waals surface area (Å²) in [6, 6.07) is 5.96. The lowest BCUT2D eigenvalue weighted by atomic mass is 9.93. The molecule has 2 N–H and O–H groups in total. The zero-order chi connectivity index (χ0) is 15.6. The predicted molar refractivity (Wildman–Crippen MR) is 88.5 cm³/mol. The van der Waals surface area contributed by atoms with Gasteiger partial charge < -0.3 is 5.73 Å². The van der Waals surface area contributed by atoms with Gasteiger partial charge in [0.1, 0.15) is 4.90 Å². The molecule has 0 amide bonds. The van der Waals surface area contributed by atoms with Crippen molar-refractivity contribution in [1.82, 2.24) is 4.31 Å². The van der Waals surface area contributed by atoms with Gasteiger partial charge in [0.15, 0.2) is 0 Å². The Balaban J connectivity index is 0.00000242. The van der Waals surface area contributed by atoms with Gasteiger partial charge in [-0.1, -0.05) is 18.5 Å². The summed E-state index contributed by atoms with van der Waals surface area (Å²) in [5.41, 5.74) is 6.09. The fourth-order valence-corrected chi connectivity index (χ4v) is 5.06. The van der Waals surface area contributed by atoms with Crippen LogP contribution in [0.4, 0.5) is 0 Å². The molecule has 1 fully saturated rings. The summed E-state index contributed by atoms with van der Waals surface area (Å²) in [6.45, 7) is 2.75. The van der Waals surface area contributed by atoms with Gasteiger partial charge in [0, 0.05) is 19.1 Å². The van der Waals surface area contributed by atoms with Gasteiger partial charge in [-0.15, -0.1) is 12.4 Å². The number of benzene rings is 1. The molecule has 1 saturated heterocycles. The van der Waals surface area contributed by atoms with Crippen molar-refractivity contribution in [2.75, 3.05) is 13.1 Å². The zero-order valence-corrected chi connectivity index (χ0v) is 14.6. The Kier molecular flexibility index (Phi) is 6.65. The van der Waals surface area contributed by atoms with Crippen molar-refractivity contribution in [1.29, 1.82) is 5.26 Å². The highest BCUT2D eigenvalue weighted by atomic mass is 35.5. The number of sulfonamides is 1. The number of nitrogens with two attached hydrogens (primary N) is 1. The predicted octanol–water partition coefficient (Wildman–Crippen LogP) is 2.38. The second-order valence-corrected chi connectivity index (χ2v) is 7.56. The maximum Gasteiger partial charge on any atom is 0.244 e. The number of nitrogens with zero attached hydrogens (tertiary/aromatic N) is 2. The second-order valence-electron chi connectivity index (χ2n) is 5.30. The third-order valence-electron chi connectivity index (χ3n) is 3.95. The maximum absolute atomic E-state index is 12.8. The van der Waals surface area contributed by atoms with Gasteiger partial charge in [-0.2, -0.15) is 9.57 Å². The summed E-state index contributed by atoms with van der Waals surface area (Å²) in [5, 5.41) is 8.91. The van der Waals surface area contributed by atoms with E-state index in [4.69, 9.17) is 22.6 Å². The van der Waals surface area contributed by atoms with E-state index in [1.165, 1.54) is 22.5 Å². The first-order valence-electron chi connectivity index (χ1n) is 6.83. The van der Waals surface area contributed by atoms with Gasteiger partial charge in [-0.25, -0.2) is 8.42 Å². The lowest BCUT2D eigenvalue weighted by Crippen LogP contribution is -2.51. The van der Waals surface area contributed by atoms with E-state index in [1.807, 2.05) is 13.0 Å². The molecule has 1 aromatic carbocycles. The van der Waals surface area contributed by atoms with Crippen LogP contribution in [0.25, 0.3) is 0 Å². The maximum atomic E-state index is 12.8. The van der Waals surface area contributed by atoms with Crippen molar-refractivity contribution in [3.05, 3.63) is 28.8 Å². The molecule has 1 heterocycles. The van der Waals surface area contributed by atoms with E-state index in [0.717, 1.165) is 12.8 Å². The Morgan fingerprint density at radius 1 is 1.50 bits per heavy atom. The van der Waals surface area contributed by atoms with E-state index in [2.05, 4.69) is 0 Å². The fraction of sp³-hybridized carbons (Fsp3) is 0.500. The molecule has 2 rings (SSSR count). The summed E-state index contributed by atoms with van der Waals surface area (Å²) < 4.78 is 27.1. The highest BCUT2D eigenvalue weighted by molar-refractivity contribution is 7.89. The third kappa shape index (κ3) is 3.55. The average Bonchev–Trinajstić information content (AvgIpc) is 2.46. The van der Waals surface area contributed by atoms with Crippen LogP contribution in [0.5, 0.6) is 0 Å². The first-order chi connectivity index (χ1) is 9.91. The van der Waals surface area contributed by atoms with Crippen LogP contribution in [0.1, 0.15) is 25.3 Å². The minimum atomic E-state index is -3.70. The van der Waals surface area contributed by atoms with Crippen molar-refractivity contribution in [2.24, 2.45) is 11.7 Å². The van der Waals surface area contributed by atoms with Gasteiger partial charge in [0.05, 0.1) is 16.7 Å². The van der Waals surface area contributed by atoms with Crippen molar-refractivity contribution >= 4 is 34.0 Å². The molecule has 2 unspecified atom stereocenters. The standard InChI is InChI=1S/C14H18ClN3O2S.ClH/c1-10-3-2-6-18(13(10)9-17)21(19,20)14-5-4-11(8-16)7-12(14)15;/h4-5,7,10,13H,2-3,6,9,17H2,1H3;1H. The molecule has 0 aliphatic carbocycles. The summed E-state index contributed by atoms with van der Waals surface area (Å²) in [5.74, 6) is 0.218. The number of rotatable bonds is 3. The summed E-state index contributed by atoms with van der Waals surface area (Å²) >= 11 is 6.05. The van der Waals surface area contributed by atoms with E-state index >= 15 is 0 Å². The van der Waals surface area contributed by atoms with Crippen LogP contribution < -0.4 is 5.73 Å². The second kappa shape index (κ2) is 7.62. The first-order valence-corrected chi connectivity index (χ1v) is 8.65. The van der Waals surface area contributed by atoms with Crippen LogP contribution in [-0.2, 0) is 10.0 Å². The highest BCUT2D eigenvalue weighted by Gasteiger charge is 2.37. The fourth-order valence-electron chi connectivity index (χ4n) is 2.77. The van der Waals surface area contributed by atoms with E-state index in [-0.39, 0.29) is 40.8 Å². The molecule has 0 aromatic heterocycles. The number of hydrogen-bond acceptors (Lipinski definition) is 4. The Labute approximate surface area is 142 Å². The van der Waals surface area contributed by atoms with Gasteiger partial charge in [-0.3, -0.25) is 0 Å². The van der Waals surface area contributed by atoms with E-state index in [1.54, 1.807) is 0 Å². The topological polar surface area (TPSA) is 87.2 Å². The number of nitriles is 1. The molecule has 0 spiro atoms. The molecule has 1 aromatic rings. The number of piperidine rings is 1. The lowest BCUT2D eigenvalue weighted by Gasteiger charge is -2.38. The average molecular weight is 364 g/mol. The molecule has 1 aliphatic heterocycles. The minimum absolute atomic E-state index is 0. The largest absolute Gasteiger partial charge is 0.329 e. The van der Waals surface area contributed by atoms with E-state index < -0.39 is 10.0 Å². The quantitative estimate of drug-likeness (QED) is 0.892. The Morgan fingerprint density at radius 3 is 2.73 bits per heavy atom. The zero-order valence-electron chi connectivity index (χ0n) is 12.2. The summed E-state index contributed by atoms with van der Waals surface area (Å²) in [7, 11) is -3.70. The van der Waals surface area contributed by atoms with Crippen LogP contribution in [0.3, 0.4) is 0 Å². The molecule has 122 valence electrons. The van der Waals surface area contributed by atoms with Gasteiger partial charge in [0.25, 0.3) is 0 Å². The molecular weight excluding hydrogens is 345 g/mol. The van der Waals surface area contributed by atoms with Gasteiger partial charge in [0.2, 0.25) is 10.0 Å². The van der Waals surface area contributed by atoms with Crippen LogP contribution in [-0.4, -0.2) is 31.9 Å². The molecule has 1 aliphatic rings. The smallest absolute Gasteiger partial charge is 0.244 e. The Morgan fingerprint density at radius 2 is 2.18 bits per heavy atom. The molecule has 8 heteroatoms. The first kappa shape index (κ1) is 19.2. The van der Waals surface area contributed by atoms with Crippen LogP contribution >= 0.6 is 24.0 Å². The van der Waals surface area contributed by atoms with Gasteiger partial charge in [-0.05, 0) is 37.0 Å². The van der Waals surface area contributed by atoms with Crippen LogP contribution in [0, 0.1) is 17.2 Å². The molecular formula is C14H19Cl2N3O2S. The van der Waals surface area contributed by atoms with Crippen LogP contribution in [0.2, 0.25) is 5.02 Å². The third-order valence-corrected chi connectivity index (χ3v) is 6.36. The molecule has 2 atom stereocenters. The van der Waals surface area contributed by atoms with E-state index in [0.29, 0.717) is 12.1 Å². The summed E-state index contributed by atoms with van der Waals surface area (Å²) in [6.07, 6.45) is 1.78. The monoisotopic (exact) mass is 363 g/mol. The van der Waals surface area contributed by atoms with Crippen LogP contribution in [0.15, 0.2) is 23.1 Å². The van der Waals surface area contributed by atoms with Crippen molar-refractivity contribution in [3.63, 3.8) is 0 Å². The minimum Gasteiger partial charge on any atom is -0.329 e. The summed E-state index contributed by atoms with van der Waals surface area (Å²) in [4.78, 5) is 0.0377. The SMILES string of the molecule is CC1CCCN(S(=O)(=O)c2ccc(C#N)cc2Cl)C1CN.Cl. The Hall–Kier alpha value is -0.840. The molecule has 0 radical (unpaired) electrons. The molecule has 5 nitrogen and oxygen atoms in total. The number of halogens is 2. The Bertz CT molecular complexity index is 673. The highest BCUT2D eigenvalue weighted by Crippen LogP contribution is 2.32. The van der Waals surface area contributed by atoms with Crippen molar-refractivity contribution in [2.45, 2.75) is 30.7 Å². The normalized spacial score (nSPS) is 22.6. The van der Waals surface area contributed by atoms with Gasteiger partial charge >= 0.3 is 0 Å². The molecule has 22 heavy (non-hydrogen) atoms. The van der Waals surface area contributed by atoms with E-state index in [9.17, 15) is 8.42 Å². The van der Waals surface area contributed by atoms with Crippen molar-refractivity contribution < 1.29 is 8.42 Å².